The van der Waals surface area contributed by atoms with Gasteiger partial charge in [0.2, 0.25) is 0 Å². The summed E-state index contributed by atoms with van der Waals surface area (Å²) in [6, 6.07) is 3.08. The van der Waals surface area contributed by atoms with Gasteiger partial charge in [-0.05, 0) is 0 Å². The molecule has 9 nitrogen and oxygen atoms in total. The predicted octanol–water partition coefficient (Wildman–Crippen LogP) is 4.00. The van der Waals surface area contributed by atoms with Gasteiger partial charge in [0.25, 0.3) is 0 Å². The molecule has 0 heterocycles. The van der Waals surface area contributed by atoms with Crippen molar-refractivity contribution in [2.45, 2.75) is 11.0 Å². The molecule has 172 valence electrons. The maximum atomic E-state index is 12.6. The third-order valence-corrected chi connectivity index (χ3v) is 10.5. The number of hydrogen-bond acceptors (Lipinski definition) is 8. The summed E-state index contributed by atoms with van der Waals surface area (Å²) in [5.41, 5.74) is -12.4. The first kappa shape index (κ1) is 26.7. The first-order valence-electron chi connectivity index (χ1n) is 6.63. The van der Waals surface area contributed by atoms with Gasteiger partial charge in [-0.3, -0.25) is 0 Å². The van der Waals surface area contributed by atoms with Crippen LogP contribution in [0.25, 0.3) is 0 Å². The van der Waals surface area contributed by atoms with Gasteiger partial charge in [0.05, 0.1) is 0 Å². The van der Waals surface area contributed by atoms with E-state index in [0.717, 1.165) is 24.3 Å². The van der Waals surface area contributed by atoms with Crippen molar-refractivity contribution in [2.24, 2.45) is 0 Å². The average molecular weight is 622 g/mol. The number of nitro benzene ring substituents is 1. The van der Waals surface area contributed by atoms with Crippen molar-refractivity contribution in [3.8, 4) is 0 Å². The summed E-state index contributed by atoms with van der Waals surface area (Å²) in [4.78, 5) is 9.74. The minimum absolute atomic E-state index is 0.282. The predicted molar refractivity (Wildman–Crippen MR) is 96.7 cm³/mol. The summed E-state index contributed by atoms with van der Waals surface area (Å²) < 4.78 is 128. The molecular formula is C11H7ClF6INO8S2. The van der Waals surface area contributed by atoms with Gasteiger partial charge in [-0.15, -0.1) is 0 Å². The van der Waals surface area contributed by atoms with Crippen LogP contribution in [0.4, 0.5) is 32.0 Å². The molecule has 0 N–H and O–H groups in total. The second-order valence-electron chi connectivity index (χ2n) is 4.66. The van der Waals surface area contributed by atoms with Crippen molar-refractivity contribution >= 4 is 57.8 Å². The van der Waals surface area contributed by atoms with Crippen LogP contribution in [0.5, 0.6) is 0 Å². The molecule has 0 amide bonds. The topological polar surface area (TPSA) is 130 Å². The Bertz CT molecular complexity index is 1020. The van der Waals surface area contributed by atoms with Gasteiger partial charge in [-0.25, -0.2) is 0 Å². The number of non-ortho nitro benzene ring substituents is 1. The summed E-state index contributed by atoms with van der Waals surface area (Å²) in [7, 11) is -12.5. The number of halogens is 8. The SMILES string of the molecule is O=[N+]([O-])c1ccc(I(/C=C(\CCl)OS(=O)(=O)C(F)(F)F)OS(=O)(=O)C(F)(F)F)cc1. The van der Waals surface area contributed by atoms with E-state index < -0.39 is 77.3 Å². The number of benzene rings is 1. The fraction of sp³-hybridized carbons (Fsp3) is 0.273. The number of rotatable bonds is 8. The molecule has 0 unspecified atom stereocenters. The number of nitro groups is 1. The molecule has 0 bridgehead atoms. The van der Waals surface area contributed by atoms with Crippen LogP contribution >= 0.6 is 31.8 Å². The van der Waals surface area contributed by atoms with Crippen LogP contribution in [0, 0.1) is 13.7 Å². The molecule has 0 spiro atoms. The first-order valence-corrected chi connectivity index (χ1v) is 13.2. The molecule has 1 aromatic rings. The van der Waals surface area contributed by atoms with Gasteiger partial charge < -0.3 is 0 Å². The fourth-order valence-corrected chi connectivity index (χ4v) is 8.25. The number of allylic oxidation sites excluding steroid dienone is 1. The Balaban J connectivity index is 3.48. The second kappa shape index (κ2) is 9.40. The molecule has 0 aliphatic carbocycles. The first-order chi connectivity index (χ1) is 13.4. The number of hydrogen-bond donors (Lipinski definition) is 0. The van der Waals surface area contributed by atoms with Crippen LogP contribution in [0.15, 0.2) is 34.1 Å². The summed E-state index contributed by atoms with van der Waals surface area (Å²) in [6.07, 6.45) is 0. The van der Waals surface area contributed by atoms with Crippen LogP contribution in [0.2, 0.25) is 0 Å². The molecule has 1 aromatic carbocycles. The summed E-state index contributed by atoms with van der Waals surface area (Å²) in [5.74, 6) is -2.37. The molecule has 0 atom stereocenters. The van der Waals surface area contributed by atoms with E-state index in [2.05, 4.69) is 6.70 Å². The van der Waals surface area contributed by atoms with Crippen molar-refractivity contribution in [2.75, 3.05) is 5.88 Å². The normalized spacial score (nSPS) is 14.4. The van der Waals surface area contributed by atoms with E-state index in [-0.39, 0.29) is 4.08 Å². The summed E-state index contributed by atoms with van der Waals surface area (Å²) in [6.45, 7) is 0. The molecule has 0 fully saturated rings. The third kappa shape index (κ3) is 6.82. The van der Waals surface area contributed by atoms with E-state index in [1.54, 1.807) is 0 Å². The van der Waals surface area contributed by atoms with Gasteiger partial charge in [0.1, 0.15) is 0 Å². The Morgan fingerprint density at radius 2 is 1.50 bits per heavy atom. The van der Waals surface area contributed by atoms with Crippen LogP contribution < -0.4 is 0 Å². The van der Waals surface area contributed by atoms with Gasteiger partial charge in [-0.2, -0.15) is 0 Å². The zero-order valence-corrected chi connectivity index (χ0v) is 18.2. The van der Waals surface area contributed by atoms with Crippen LogP contribution in [-0.4, -0.2) is 38.7 Å². The van der Waals surface area contributed by atoms with Crippen molar-refractivity contribution < 1.29 is 54.8 Å². The Morgan fingerprint density at radius 1 is 1.03 bits per heavy atom. The molecule has 0 aromatic heterocycles. The molecule has 0 saturated heterocycles. The standard InChI is InChI=1S/C11H7ClF6INO8S2/c12-5-9(27-29(23,24)10(13,14)15)6-19(28-30(25,26)11(16,17)18)7-1-3-8(4-2-7)20(21)22/h1-4,6H,5H2/b9-6+. The van der Waals surface area contributed by atoms with E-state index in [9.17, 15) is 53.3 Å². The van der Waals surface area contributed by atoms with E-state index in [1.807, 2.05) is 0 Å². The summed E-state index contributed by atoms with van der Waals surface area (Å²) in [5, 5.41) is 10.6. The van der Waals surface area contributed by atoms with Gasteiger partial charge in [-0.1, -0.05) is 0 Å². The molecule has 0 radical (unpaired) electrons. The van der Waals surface area contributed by atoms with Crippen LogP contribution in [0.1, 0.15) is 0 Å². The van der Waals surface area contributed by atoms with E-state index in [0.29, 0.717) is 0 Å². The number of alkyl halides is 7. The zero-order chi connectivity index (χ0) is 23.5. The number of nitrogens with zero attached hydrogens (tertiary/aromatic N) is 1. The quantitative estimate of drug-likeness (QED) is 0.0623. The molecular weight excluding hydrogens is 615 g/mol. The van der Waals surface area contributed by atoms with Gasteiger partial charge in [0.15, 0.2) is 0 Å². The van der Waals surface area contributed by atoms with E-state index in [4.69, 9.17) is 11.6 Å². The zero-order valence-electron chi connectivity index (χ0n) is 13.6. The Hall–Kier alpha value is -1.38. The second-order valence-corrected chi connectivity index (χ2v) is 12.5. The molecule has 1 rings (SSSR count). The summed E-state index contributed by atoms with van der Waals surface area (Å²) >= 11 is 0.926. The van der Waals surface area contributed by atoms with Crippen LogP contribution in [-0.2, 0) is 26.9 Å². The van der Waals surface area contributed by atoms with Gasteiger partial charge >= 0.3 is 177 Å². The minimum atomic E-state index is -6.28. The molecule has 19 heteroatoms. The molecule has 30 heavy (non-hydrogen) atoms. The average Bonchev–Trinajstić information content (AvgIpc) is 2.58. The Labute approximate surface area is 176 Å². The monoisotopic (exact) mass is 621 g/mol. The Kier molecular flexibility index (Phi) is 8.36. The molecule has 0 saturated carbocycles. The van der Waals surface area contributed by atoms with Crippen molar-refractivity contribution in [1.29, 1.82) is 0 Å². The van der Waals surface area contributed by atoms with Crippen LogP contribution in [0.3, 0.4) is 0 Å². The molecule has 0 aliphatic rings. The Morgan fingerprint density at radius 3 is 1.87 bits per heavy atom. The van der Waals surface area contributed by atoms with E-state index >= 15 is 0 Å². The van der Waals surface area contributed by atoms with Crippen molar-refractivity contribution in [1.82, 2.24) is 0 Å². The van der Waals surface area contributed by atoms with E-state index in [1.165, 1.54) is 0 Å². The maximum absolute atomic E-state index is 12.6. The fourth-order valence-electron chi connectivity index (χ4n) is 1.30. The van der Waals surface area contributed by atoms with Gasteiger partial charge in [0, 0.05) is 0 Å². The third-order valence-electron chi connectivity index (χ3n) is 2.54. The van der Waals surface area contributed by atoms with Crippen molar-refractivity contribution in [3.05, 3.63) is 47.8 Å². The van der Waals surface area contributed by atoms with Crippen molar-refractivity contribution in [3.63, 3.8) is 0 Å². The molecule has 0 aliphatic heterocycles.